The molecule has 19 nitrogen and oxygen atoms in total. The Labute approximate surface area is 416 Å². The first-order valence-electron chi connectivity index (χ1n) is 23.5. The Morgan fingerprint density at radius 3 is 2.44 bits per heavy atom. The van der Waals surface area contributed by atoms with Gasteiger partial charge in [-0.2, -0.15) is 15.5 Å². The number of aromatic nitrogens is 6. The second-order valence-electron chi connectivity index (χ2n) is 19.1. The minimum absolute atomic E-state index is 0.00256. The van der Waals surface area contributed by atoms with E-state index < -0.39 is 29.5 Å². The van der Waals surface area contributed by atoms with E-state index in [0.29, 0.717) is 43.3 Å². The van der Waals surface area contributed by atoms with Crippen LogP contribution in [0, 0.1) is 23.7 Å². The number of nitriles is 1. The lowest BCUT2D eigenvalue weighted by Crippen LogP contribution is -2.59. The number of piperazine rings is 1. The first-order valence-corrected chi connectivity index (χ1v) is 24.8. The van der Waals surface area contributed by atoms with Crippen molar-refractivity contribution in [3.8, 4) is 27.9 Å². The average molecular weight is 997 g/mol. The Hall–Kier alpha value is -6.08. The number of aryl methyl sites for hydroxylation is 1. The van der Waals surface area contributed by atoms with Crippen LogP contribution in [0.2, 0.25) is 5.15 Å². The Morgan fingerprint density at radius 2 is 1.76 bits per heavy atom. The summed E-state index contributed by atoms with van der Waals surface area (Å²) in [6.07, 6.45) is 1.82. The molecule has 2 fully saturated rings. The molecular formula is C49H62ClN13O6S. The molecular weight excluding hydrogens is 934 g/mol. The number of H-pyrrole nitrogens is 1. The Bertz CT molecular complexity index is 2650. The molecule has 2 aliphatic rings. The van der Waals surface area contributed by atoms with Crippen molar-refractivity contribution in [2.45, 2.75) is 97.8 Å². The van der Waals surface area contributed by atoms with Crippen LogP contribution >= 0.6 is 22.9 Å². The van der Waals surface area contributed by atoms with Crippen LogP contribution in [0.15, 0.2) is 60.2 Å². The van der Waals surface area contributed by atoms with Gasteiger partial charge in [0.2, 0.25) is 17.7 Å². The number of nitrogens with zero attached hydrogens (tertiary/aromatic N) is 9. The number of aromatic amines is 1. The summed E-state index contributed by atoms with van der Waals surface area (Å²) >= 11 is 7.66. The van der Waals surface area contributed by atoms with E-state index >= 15 is 0 Å². The number of aliphatic hydroxyl groups is 1. The lowest BCUT2D eigenvalue weighted by molar-refractivity contribution is -0.144. The number of ether oxygens (including phenoxy) is 1. The molecule has 372 valence electrons. The minimum Gasteiger partial charge on any atom is -0.391 e. The van der Waals surface area contributed by atoms with Crippen molar-refractivity contribution < 1.29 is 29.0 Å². The fraction of sp³-hybridized carbons (Fsp3) is 0.490. The maximum Gasteiger partial charge on any atom is 0.272 e. The van der Waals surface area contributed by atoms with Gasteiger partial charge in [-0.25, -0.2) is 9.97 Å². The molecule has 70 heavy (non-hydrogen) atoms. The summed E-state index contributed by atoms with van der Waals surface area (Å²) in [7, 11) is 0. The van der Waals surface area contributed by atoms with Crippen LogP contribution in [0.5, 0.6) is 0 Å². The number of carbonyl (C=O) groups excluding carboxylic acids is 4. The molecule has 0 saturated carbocycles. The van der Waals surface area contributed by atoms with Crippen molar-refractivity contribution in [3.63, 3.8) is 0 Å². The standard InChI is InChI=1S/C49H62ClN13O6S/c1-30(25-62-16-14-39(59-62)38-13-12-35(24-51)45(50)55-38)53-46(66)40-22-36(57-58-40)28-69-21-7-15-60-17-19-61(20-18-60)27-42(65)56-44(49(4,5)6)48(68)63-26-37(64)23-41(63)47(67)54-31(2)33-8-10-34(11-9-33)43-32(3)52-29-70-43/h8-14,16,22,29-31,37,41,44,64H,7,15,17-21,23,25-28H2,1-6H3,(H,53,66)(H,54,67)(H,56,65)(H,57,58)/t30-,31-,37+,41-,44+/m0/s1. The zero-order valence-electron chi connectivity index (χ0n) is 40.4. The summed E-state index contributed by atoms with van der Waals surface area (Å²) < 4.78 is 7.59. The third kappa shape index (κ3) is 13.4. The zero-order valence-corrected chi connectivity index (χ0v) is 42.0. The van der Waals surface area contributed by atoms with E-state index in [4.69, 9.17) is 21.6 Å². The molecule has 5 aromatic rings. The number of thiazole rings is 1. The number of hydrogen-bond acceptors (Lipinski definition) is 14. The lowest BCUT2D eigenvalue weighted by atomic mass is 9.85. The molecule has 0 radical (unpaired) electrons. The quantitative estimate of drug-likeness (QED) is 0.0573. The van der Waals surface area contributed by atoms with Gasteiger partial charge in [0.25, 0.3) is 5.91 Å². The zero-order chi connectivity index (χ0) is 50.1. The number of β-amino-alcohol motifs (C(OH)–C–C–N with tert-alkyl or cyclic N) is 1. The summed E-state index contributed by atoms with van der Waals surface area (Å²) in [4.78, 5) is 69.9. The van der Waals surface area contributed by atoms with Crippen LogP contribution in [0.1, 0.15) is 86.5 Å². The van der Waals surface area contributed by atoms with Crippen LogP contribution in [0.25, 0.3) is 21.8 Å². The molecule has 5 N–H and O–H groups in total. The van der Waals surface area contributed by atoms with Gasteiger partial charge in [0, 0.05) is 64.5 Å². The molecule has 2 aliphatic heterocycles. The molecule has 4 amide bonds. The second-order valence-corrected chi connectivity index (χ2v) is 20.3. The van der Waals surface area contributed by atoms with Crippen LogP contribution in [-0.2, 0) is 32.3 Å². The number of likely N-dealkylation sites (tertiary alicyclic amines) is 1. The molecule has 2 saturated heterocycles. The van der Waals surface area contributed by atoms with Gasteiger partial charge in [0.1, 0.15) is 34.7 Å². The highest BCUT2D eigenvalue weighted by atomic mass is 35.5. The van der Waals surface area contributed by atoms with Gasteiger partial charge in [-0.3, -0.25) is 33.9 Å². The highest BCUT2D eigenvalue weighted by Gasteiger charge is 2.45. The van der Waals surface area contributed by atoms with Crippen molar-refractivity contribution in [1.29, 1.82) is 5.26 Å². The highest BCUT2D eigenvalue weighted by molar-refractivity contribution is 7.13. The van der Waals surface area contributed by atoms with Gasteiger partial charge in [0.05, 0.1) is 64.9 Å². The highest BCUT2D eigenvalue weighted by Crippen LogP contribution is 2.30. The summed E-state index contributed by atoms with van der Waals surface area (Å²) in [6.45, 7) is 16.4. The average Bonchev–Trinajstić information content (AvgIpc) is 4.16. The van der Waals surface area contributed by atoms with E-state index in [2.05, 4.69) is 51.0 Å². The largest absolute Gasteiger partial charge is 0.391 e. The van der Waals surface area contributed by atoms with Crippen molar-refractivity contribution in [1.82, 2.24) is 60.6 Å². The molecule has 7 rings (SSSR count). The SMILES string of the molecule is Cc1ncsc1-c1ccc([C@H](C)NC(=O)[C@@H]2C[C@@H](O)CN2C(=O)[C@@H](NC(=O)CN2CCN(CCCOCc3cc(C(=O)N[C@@H](C)Cn4ccc(-c5ccc(C#N)c(Cl)n5)n4)n[nH]3)CC2)C(C)(C)C)cc1. The van der Waals surface area contributed by atoms with Gasteiger partial charge in [0.15, 0.2) is 0 Å². The second kappa shape index (κ2) is 23.2. The van der Waals surface area contributed by atoms with Crippen molar-refractivity contribution in [2.24, 2.45) is 5.41 Å². The third-order valence-electron chi connectivity index (χ3n) is 12.5. The number of carbonyl (C=O) groups is 4. The summed E-state index contributed by atoms with van der Waals surface area (Å²) in [5.41, 5.74) is 6.43. The third-order valence-corrected chi connectivity index (χ3v) is 13.8. The van der Waals surface area contributed by atoms with E-state index in [-0.39, 0.29) is 72.3 Å². The maximum atomic E-state index is 14.2. The van der Waals surface area contributed by atoms with Gasteiger partial charge in [-0.1, -0.05) is 56.6 Å². The molecule has 5 atom stereocenters. The van der Waals surface area contributed by atoms with E-state index in [1.807, 2.05) is 77.4 Å². The van der Waals surface area contributed by atoms with Crippen LogP contribution < -0.4 is 16.0 Å². The Balaban J connectivity index is 0.791. The number of halogens is 1. The van der Waals surface area contributed by atoms with Gasteiger partial charge >= 0.3 is 0 Å². The number of aliphatic hydroxyl groups excluding tert-OH is 1. The molecule has 1 aromatic carbocycles. The van der Waals surface area contributed by atoms with Gasteiger partial charge < -0.3 is 35.6 Å². The molecule has 0 unspecified atom stereocenters. The van der Waals surface area contributed by atoms with Crippen LogP contribution in [0.4, 0.5) is 0 Å². The molecule has 0 spiro atoms. The summed E-state index contributed by atoms with van der Waals surface area (Å²) in [6, 6.07) is 14.3. The Kier molecular flexibility index (Phi) is 17.2. The predicted molar refractivity (Wildman–Crippen MR) is 264 cm³/mol. The number of rotatable bonds is 19. The Morgan fingerprint density at radius 1 is 1.01 bits per heavy atom. The van der Waals surface area contributed by atoms with Crippen molar-refractivity contribution >= 4 is 46.6 Å². The molecule has 6 heterocycles. The number of hydrogen-bond donors (Lipinski definition) is 5. The fourth-order valence-corrected chi connectivity index (χ4v) is 9.61. The lowest BCUT2D eigenvalue weighted by Gasteiger charge is -2.37. The number of nitrogens with one attached hydrogen (secondary N) is 4. The summed E-state index contributed by atoms with van der Waals surface area (Å²) in [5.74, 6) is -1.35. The first-order chi connectivity index (χ1) is 33.4. The van der Waals surface area contributed by atoms with Gasteiger partial charge in [-0.15, -0.1) is 11.3 Å². The topological polar surface area (TPSA) is 240 Å². The van der Waals surface area contributed by atoms with E-state index in [0.717, 1.165) is 47.8 Å². The number of benzene rings is 1. The fourth-order valence-electron chi connectivity index (χ4n) is 8.60. The van der Waals surface area contributed by atoms with Crippen LogP contribution in [-0.4, -0.2) is 150 Å². The molecule has 0 aliphatic carbocycles. The minimum atomic E-state index is -0.911. The maximum absolute atomic E-state index is 14.2. The number of pyridine rings is 1. The van der Waals surface area contributed by atoms with E-state index in [1.54, 1.807) is 46.5 Å². The normalized spacial score (nSPS) is 18.0. The predicted octanol–water partition coefficient (Wildman–Crippen LogP) is 4.34. The van der Waals surface area contributed by atoms with Crippen molar-refractivity contribution in [3.05, 3.63) is 93.6 Å². The first kappa shape index (κ1) is 51.8. The molecule has 4 aromatic heterocycles. The molecule has 0 bridgehead atoms. The molecule has 21 heteroatoms. The van der Waals surface area contributed by atoms with Gasteiger partial charge in [-0.05, 0) is 68.0 Å². The van der Waals surface area contributed by atoms with Crippen LogP contribution in [0.3, 0.4) is 0 Å². The summed E-state index contributed by atoms with van der Waals surface area (Å²) in [5, 5.41) is 40.5. The smallest absolute Gasteiger partial charge is 0.272 e. The number of amides is 4. The van der Waals surface area contributed by atoms with E-state index in [1.165, 1.54) is 4.90 Å². The van der Waals surface area contributed by atoms with Crippen molar-refractivity contribution in [2.75, 3.05) is 52.4 Å². The monoisotopic (exact) mass is 995 g/mol. The van der Waals surface area contributed by atoms with E-state index in [9.17, 15) is 24.3 Å².